The highest BCUT2D eigenvalue weighted by molar-refractivity contribution is 5.94. The second-order valence-electron chi connectivity index (χ2n) is 8.26. The standard InChI is InChI=1S/C21H30FN3O3/c1-20(9-6-10-20)24-18(26)14-25-12-11-21(28-2,13-17(25)22)15-23-19(27)16-7-4-3-5-8-16/h3-5,7-8,17H,6,9-15H2,1-2H3,(H,23,27)(H,24,26). The zero-order valence-corrected chi connectivity index (χ0v) is 16.7. The van der Waals surface area contributed by atoms with Crippen LogP contribution in [-0.2, 0) is 9.53 Å². The highest BCUT2D eigenvalue weighted by Gasteiger charge is 2.42. The van der Waals surface area contributed by atoms with E-state index in [0.717, 1.165) is 19.3 Å². The summed E-state index contributed by atoms with van der Waals surface area (Å²) in [6, 6.07) is 8.91. The molecular formula is C21H30FN3O3. The topological polar surface area (TPSA) is 70.7 Å². The summed E-state index contributed by atoms with van der Waals surface area (Å²) in [5, 5.41) is 5.87. The van der Waals surface area contributed by atoms with Gasteiger partial charge in [0.25, 0.3) is 5.91 Å². The molecule has 2 amide bonds. The fourth-order valence-electron chi connectivity index (χ4n) is 3.95. The number of hydrogen-bond donors (Lipinski definition) is 2. The summed E-state index contributed by atoms with van der Waals surface area (Å²) in [6.45, 7) is 2.71. The molecule has 2 atom stereocenters. The summed E-state index contributed by atoms with van der Waals surface area (Å²) in [6.07, 6.45) is 2.45. The average Bonchev–Trinajstić information content (AvgIpc) is 2.67. The van der Waals surface area contributed by atoms with Crippen molar-refractivity contribution >= 4 is 11.8 Å². The largest absolute Gasteiger partial charge is 0.376 e. The Hall–Kier alpha value is -1.99. The highest BCUT2D eigenvalue weighted by Crippen LogP contribution is 2.32. The van der Waals surface area contributed by atoms with Gasteiger partial charge in [-0.25, -0.2) is 4.39 Å². The Balaban J connectivity index is 1.51. The Morgan fingerprint density at radius 1 is 1.25 bits per heavy atom. The Labute approximate surface area is 165 Å². The first kappa shape index (κ1) is 20.7. The van der Waals surface area contributed by atoms with Crippen molar-refractivity contribution in [2.75, 3.05) is 26.7 Å². The van der Waals surface area contributed by atoms with Crippen molar-refractivity contribution in [2.24, 2.45) is 0 Å². The second kappa shape index (κ2) is 8.57. The normalized spacial score (nSPS) is 26.9. The van der Waals surface area contributed by atoms with Gasteiger partial charge in [0.15, 0.2) is 6.30 Å². The molecule has 0 aromatic heterocycles. The van der Waals surface area contributed by atoms with Gasteiger partial charge >= 0.3 is 0 Å². The lowest BCUT2D eigenvalue weighted by molar-refractivity contribution is -0.134. The molecule has 2 fully saturated rings. The number of rotatable bonds is 7. The second-order valence-corrected chi connectivity index (χ2v) is 8.26. The molecule has 0 bridgehead atoms. The molecule has 2 unspecified atom stereocenters. The van der Waals surface area contributed by atoms with E-state index in [1.165, 1.54) is 0 Å². The summed E-state index contributed by atoms with van der Waals surface area (Å²) >= 11 is 0. The summed E-state index contributed by atoms with van der Waals surface area (Å²) in [4.78, 5) is 26.1. The molecular weight excluding hydrogens is 361 g/mol. The number of nitrogens with zero attached hydrogens (tertiary/aromatic N) is 1. The van der Waals surface area contributed by atoms with Crippen LogP contribution in [-0.4, -0.2) is 60.9 Å². The Morgan fingerprint density at radius 2 is 1.96 bits per heavy atom. The zero-order valence-electron chi connectivity index (χ0n) is 16.7. The van der Waals surface area contributed by atoms with E-state index in [0.29, 0.717) is 18.5 Å². The van der Waals surface area contributed by atoms with Gasteiger partial charge in [-0.1, -0.05) is 18.2 Å². The third kappa shape index (κ3) is 4.89. The van der Waals surface area contributed by atoms with Crippen LogP contribution in [0.2, 0.25) is 0 Å². The Bertz CT molecular complexity index is 695. The third-order valence-corrected chi connectivity index (χ3v) is 6.08. The van der Waals surface area contributed by atoms with Crippen LogP contribution in [0, 0.1) is 0 Å². The highest BCUT2D eigenvalue weighted by atomic mass is 19.1. The van der Waals surface area contributed by atoms with Gasteiger partial charge in [0.2, 0.25) is 5.91 Å². The van der Waals surface area contributed by atoms with Crippen LogP contribution in [0.4, 0.5) is 4.39 Å². The molecule has 2 aliphatic rings. The molecule has 0 radical (unpaired) electrons. The molecule has 1 saturated carbocycles. The number of benzene rings is 1. The van der Waals surface area contributed by atoms with E-state index in [9.17, 15) is 14.0 Å². The van der Waals surface area contributed by atoms with Crippen LogP contribution in [0.1, 0.15) is 49.4 Å². The molecule has 1 saturated heterocycles. The molecule has 6 nitrogen and oxygen atoms in total. The summed E-state index contributed by atoms with van der Waals surface area (Å²) in [5.74, 6) is -0.338. The van der Waals surface area contributed by atoms with E-state index in [1.807, 2.05) is 13.0 Å². The van der Waals surface area contributed by atoms with Crippen molar-refractivity contribution < 1.29 is 18.7 Å². The number of alkyl halides is 1. The minimum absolute atomic E-state index is 0.0485. The molecule has 1 aromatic carbocycles. The minimum Gasteiger partial charge on any atom is -0.376 e. The maximum absolute atomic E-state index is 14.8. The van der Waals surface area contributed by atoms with Crippen LogP contribution in [0.5, 0.6) is 0 Å². The number of methoxy groups -OCH3 is 1. The number of amides is 2. The zero-order chi connectivity index (χ0) is 20.2. The molecule has 2 N–H and O–H groups in total. The Kier molecular flexibility index (Phi) is 6.35. The number of nitrogens with one attached hydrogen (secondary N) is 2. The van der Waals surface area contributed by atoms with Crippen molar-refractivity contribution in [2.45, 2.75) is 56.5 Å². The van der Waals surface area contributed by atoms with E-state index >= 15 is 0 Å². The third-order valence-electron chi connectivity index (χ3n) is 6.08. The SMILES string of the molecule is COC1(CNC(=O)c2ccccc2)CCN(CC(=O)NC2(C)CCC2)C(F)C1. The van der Waals surface area contributed by atoms with Gasteiger partial charge in [0, 0.05) is 37.7 Å². The van der Waals surface area contributed by atoms with Crippen molar-refractivity contribution in [3.8, 4) is 0 Å². The predicted molar refractivity (Wildman–Crippen MR) is 105 cm³/mol. The maximum atomic E-state index is 14.8. The number of hydrogen-bond acceptors (Lipinski definition) is 4. The number of ether oxygens (including phenoxy) is 1. The van der Waals surface area contributed by atoms with Gasteiger partial charge in [0.1, 0.15) is 0 Å². The number of halogens is 1. The van der Waals surface area contributed by atoms with E-state index in [4.69, 9.17) is 4.74 Å². The first-order chi connectivity index (χ1) is 13.3. The average molecular weight is 391 g/mol. The van der Waals surface area contributed by atoms with Gasteiger partial charge < -0.3 is 15.4 Å². The monoisotopic (exact) mass is 391 g/mol. The number of carbonyl (C=O) groups is 2. The van der Waals surface area contributed by atoms with Gasteiger partial charge in [-0.15, -0.1) is 0 Å². The van der Waals surface area contributed by atoms with Crippen molar-refractivity contribution in [3.05, 3.63) is 35.9 Å². The van der Waals surface area contributed by atoms with E-state index in [-0.39, 0.29) is 36.9 Å². The molecule has 3 rings (SSSR count). The molecule has 1 aliphatic heterocycles. The lowest BCUT2D eigenvalue weighted by Gasteiger charge is -2.43. The molecule has 1 heterocycles. The minimum atomic E-state index is -1.29. The number of carbonyl (C=O) groups excluding carboxylic acids is 2. The van der Waals surface area contributed by atoms with Crippen LogP contribution < -0.4 is 10.6 Å². The maximum Gasteiger partial charge on any atom is 0.251 e. The van der Waals surface area contributed by atoms with Crippen LogP contribution in [0.15, 0.2) is 30.3 Å². The van der Waals surface area contributed by atoms with Crippen molar-refractivity contribution in [1.82, 2.24) is 15.5 Å². The van der Waals surface area contributed by atoms with E-state index in [2.05, 4.69) is 10.6 Å². The number of piperidine rings is 1. The molecule has 1 aliphatic carbocycles. The van der Waals surface area contributed by atoms with Crippen molar-refractivity contribution in [3.63, 3.8) is 0 Å². The fourth-order valence-corrected chi connectivity index (χ4v) is 3.95. The molecule has 1 aromatic rings. The first-order valence-electron chi connectivity index (χ1n) is 9.92. The Morgan fingerprint density at radius 3 is 2.54 bits per heavy atom. The first-order valence-corrected chi connectivity index (χ1v) is 9.92. The quantitative estimate of drug-likeness (QED) is 0.700. The summed E-state index contributed by atoms with van der Waals surface area (Å²) in [5.41, 5.74) is -0.336. The van der Waals surface area contributed by atoms with Gasteiger partial charge in [0.05, 0.1) is 12.1 Å². The fraction of sp³-hybridized carbons (Fsp3) is 0.619. The van der Waals surface area contributed by atoms with Gasteiger partial charge in [-0.3, -0.25) is 14.5 Å². The van der Waals surface area contributed by atoms with Gasteiger partial charge in [-0.2, -0.15) is 0 Å². The molecule has 7 heteroatoms. The van der Waals surface area contributed by atoms with E-state index in [1.54, 1.807) is 36.3 Å². The van der Waals surface area contributed by atoms with Crippen LogP contribution in [0.3, 0.4) is 0 Å². The lowest BCUT2D eigenvalue weighted by Crippen LogP contribution is -2.58. The predicted octanol–water partition coefficient (Wildman–Crippen LogP) is 2.25. The summed E-state index contributed by atoms with van der Waals surface area (Å²) in [7, 11) is 1.54. The van der Waals surface area contributed by atoms with Gasteiger partial charge in [-0.05, 0) is 44.7 Å². The van der Waals surface area contributed by atoms with Crippen molar-refractivity contribution in [1.29, 1.82) is 0 Å². The van der Waals surface area contributed by atoms with Crippen LogP contribution in [0.25, 0.3) is 0 Å². The number of likely N-dealkylation sites (tertiary alicyclic amines) is 1. The van der Waals surface area contributed by atoms with Crippen LogP contribution >= 0.6 is 0 Å². The molecule has 154 valence electrons. The molecule has 28 heavy (non-hydrogen) atoms. The lowest BCUT2D eigenvalue weighted by atomic mass is 9.78. The summed E-state index contributed by atoms with van der Waals surface area (Å²) < 4.78 is 20.4. The smallest absolute Gasteiger partial charge is 0.251 e. The van der Waals surface area contributed by atoms with E-state index < -0.39 is 11.9 Å². The molecule has 0 spiro atoms.